The lowest BCUT2D eigenvalue weighted by atomic mass is 10.1. The molecular weight excluding hydrogens is 334 g/mol. The average Bonchev–Trinajstić information content (AvgIpc) is 3.14. The molecule has 7 heteroatoms. The summed E-state index contributed by atoms with van der Waals surface area (Å²) in [5.41, 5.74) is 1.11. The number of nitrogens with one attached hydrogen (secondary N) is 1. The first kappa shape index (κ1) is 20.3. The van der Waals surface area contributed by atoms with Crippen LogP contribution in [0.3, 0.4) is 0 Å². The topological polar surface area (TPSA) is 64.6 Å². The second-order valence-electron chi connectivity index (χ2n) is 6.26. The molecule has 0 spiro atoms. The molecular formula is C19H31N3O4. The minimum atomic E-state index is 0.534. The van der Waals surface area contributed by atoms with Crippen LogP contribution in [0.2, 0.25) is 0 Å². The number of hydrogen-bond acceptors (Lipinski definition) is 5. The van der Waals surface area contributed by atoms with Gasteiger partial charge in [0, 0.05) is 39.7 Å². The van der Waals surface area contributed by atoms with Gasteiger partial charge in [-0.2, -0.15) is 0 Å². The summed E-state index contributed by atoms with van der Waals surface area (Å²) < 4.78 is 21.3. The van der Waals surface area contributed by atoms with Crippen molar-refractivity contribution in [3.05, 3.63) is 23.8 Å². The van der Waals surface area contributed by atoms with Gasteiger partial charge in [-0.1, -0.05) is 6.07 Å². The van der Waals surface area contributed by atoms with E-state index in [9.17, 15) is 0 Å². The lowest BCUT2D eigenvalue weighted by Crippen LogP contribution is -2.39. The number of benzene rings is 1. The summed E-state index contributed by atoms with van der Waals surface area (Å²) in [5, 5.41) is 3.43. The maximum absolute atomic E-state index is 5.66. The molecule has 0 bridgehead atoms. The third-order valence-corrected chi connectivity index (χ3v) is 4.48. The zero-order valence-electron chi connectivity index (χ0n) is 16.3. The molecule has 1 atom stereocenters. The molecule has 0 radical (unpaired) electrons. The van der Waals surface area contributed by atoms with Crippen molar-refractivity contribution in [1.29, 1.82) is 0 Å². The minimum absolute atomic E-state index is 0.534. The summed E-state index contributed by atoms with van der Waals surface area (Å²) in [6, 6.07) is 5.93. The number of methoxy groups -OCH3 is 3. The third-order valence-electron chi connectivity index (χ3n) is 4.48. The lowest BCUT2D eigenvalue weighted by molar-refractivity contribution is 0.0536. The van der Waals surface area contributed by atoms with Crippen molar-refractivity contribution in [2.75, 3.05) is 61.3 Å². The van der Waals surface area contributed by atoms with E-state index in [1.54, 1.807) is 21.3 Å². The lowest BCUT2D eigenvalue weighted by Gasteiger charge is -2.22. The van der Waals surface area contributed by atoms with Gasteiger partial charge in [-0.3, -0.25) is 4.99 Å². The Bertz CT molecular complexity index is 580. The maximum Gasteiger partial charge on any atom is 0.193 e. The van der Waals surface area contributed by atoms with Crippen LogP contribution in [-0.4, -0.2) is 72.1 Å². The highest BCUT2D eigenvalue weighted by Crippen LogP contribution is 2.27. The van der Waals surface area contributed by atoms with Crippen molar-refractivity contribution in [2.24, 2.45) is 10.9 Å². The fourth-order valence-corrected chi connectivity index (χ4v) is 3.06. The van der Waals surface area contributed by atoms with E-state index in [4.69, 9.17) is 18.9 Å². The summed E-state index contributed by atoms with van der Waals surface area (Å²) in [6.07, 6.45) is 1.12. The average molecular weight is 365 g/mol. The van der Waals surface area contributed by atoms with Gasteiger partial charge in [0.05, 0.1) is 34.0 Å². The highest BCUT2D eigenvalue weighted by molar-refractivity contribution is 5.80. The second-order valence-corrected chi connectivity index (χ2v) is 6.26. The highest BCUT2D eigenvalue weighted by atomic mass is 16.5. The van der Waals surface area contributed by atoms with Gasteiger partial charge in [-0.05, 0) is 24.1 Å². The van der Waals surface area contributed by atoms with Gasteiger partial charge in [0.1, 0.15) is 0 Å². The Labute approximate surface area is 156 Å². The first-order valence-corrected chi connectivity index (χ1v) is 8.95. The standard InChI is InChI=1S/C19H31N3O4/c1-20-19(22-8-7-16(13-22)14-26-10-9-23-2)21-12-15-5-6-17(24-3)18(11-15)25-4/h5-6,11,16H,7-10,12-14H2,1-4H3,(H,20,21). The number of ether oxygens (including phenoxy) is 4. The van der Waals surface area contributed by atoms with Gasteiger partial charge in [-0.25, -0.2) is 0 Å². The van der Waals surface area contributed by atoms with E-state index in [-0.39, 0.29) is 0 Å². The highest BCUT2D eigenvalue weighted by Gasteiger charge is 2.24. The van der Waals surface area contributed by atoms with Gasteiger partial charge in [-0.15, -0.1) is 0 Å². The van der Waals surface area contributed by atoms with Crippen molar-refractivity contribution in [3.8, 4) is 11.5 Å². The van der Waals surface area contributed by atoms with E-state index >= 15 is 0 Å². The van der Waals surface area contributed by atoms with Crippen LogP contribution in [0.5, 0.6) is 11.5 Å². The number of nitrogens with zero attached hydrogens (tertiary/aromatic N) is 2. The molecule has 1 N–H and O–H groups in total. The van der Waals surface area contributed by atoms with Crippen LogP contribution in [0.15, 0.2) is 23.2 Å². The molecule has 0 aliphatic carbocycles. The molecule has 26 heavy (non-hydrogen) atoms. The fraction of sp³-hybridized carbons (Fsp3) is 0.632. The summed E-state index contributed by atoms with van der Waals surface area (Å²) in [7, 11) is 6.79. The van der Waals surface area contributed by atoms with Crippen LogP contribution >= 0.6 is 0 Å². The Balaban J connectivity index is 1.83. The number of hydrogen-bond donors (Lipinski definition) is 1. The van der Waals surface area contributed by atoms with E-state index in [0.717, 1.165) is 49.1 Å². The molecule has 0 aromatic heterocycles. The second kappa shape index (κ2) is 10.9. The predicted molar refractivity (Wildman–Crippen MR) is 102 cm³/mol. The third kappa shape index (κ3) is 5.78. The van der Waals surface area contributed by atoms with E-state index in [1.165, 1.54) is 0 Å². The van der Waals surface area contributed by atoms with E-state index < -0.39 is 0 Å². The number of guanidine groups is 1. The Hall–Kier alpha value is -1.99. The van der Waals surface area contributed by atoms with Crippen molar-refractivity contribution >= 4 is 5.96 Å². The van der Waals surface area contributed by atoms with Gasteiger partial charge in [0.2, 0.25) is 0 Å². The Kier molecular flexibility index (Phi) is 8.50. The Morgan fingerprint density at radius 1 is 1.19 bits per heavy atom. The number of likely N-dealkylation sites (tertiary alicyclic amines) is 1. The minimum Gasteiger partial charge on any atom is -0.493 e. The normalized spacial score (nSPS) is 17.5. The molecule has 1 aromatic carbocycles. The molecule has 7 nitrogen and oxygen atoms in total. The smallest absolute Gasteiger partial charge is 0.193 e. The van der Waals surface area contributed by atoms with Gasteiger partial charge in [0.25, 0.3) is 0 Å². The SMILES string of the molecule is CN=C(NCc1ccc(OC)c(OC)c1)N1CCC(COCCOC)C1. The molecule has 0 amide bonds. The Morgan fingerprint density at radius 2 is 2.00 bits per heavy atom. The monoisotopic (exact) mass is 365 g/mol. The maximum atomic E-state index is 5.66. The van der Waals surface area contributed by atoms with Crippen LogP contribution < -0.4 is 14.8 Å². The zero-order chi connectivity index (χ0) is 18.8. The first-order chi connectivity index (χ1) is 12.7. The van der Waals surface area contributed by atoms with Crippen molar-refractivity contribution in [2.45, 2.75) is 13.0 Å². The largest absolute Gasteiger partial charge is 0.493 e. The van der Waals surface area contributed by atoms with Crippen LogP contribution in [-0.2, 0) is 16.0 Å². The summed E-state index contributed by atoms with van der Waals surface area (Å²) in [4.78, 5) is 6.70. The van der Waals surface area contributed by atoms with Gasteiger partial charge >= 0.3 is 0 Å². The zero-order valence-corrected chi connectivity index (χ0v) is 16.3. The first-order valence-electron chi connectivity index (χ1n) is 8.95. The molecule has 1 heterocycles. The van der Waals surface area contributed by atoms with E-state index in [0.29, 0.717) is 25.7 Å². The molecule has 2 rings (SSSR count). The van der Waals surface area contributed by atoms with Crippen molar-refractivity contribution in [3.63, 3.8) is 0 Å². The molecule has 0 saturated carbocycles. The fourth-order valence-electron chi connectivity index (χ4n) is 3.06. The quantitative estimate of drug-likeness (QED) is 0.409. The molecule has 1 aliphatic rings. The Morgan fingerprint density at radius 3 is 2.69 bits per heavy atom. The summed E-state index contributed by atoms with van der Waals surface area (Å²) in [5.74, 6) is 2.92. The van der Waals surface area contributed by atoms with Crippen LogP contribution in [0.25, 0.3) is 0 Å². The van der Waals surface area contributed by atoms with E-state index in [2.05, 4.69) is 15.2 Å². The summed E-state index contributed by atoms with van der Waals surface area (Å²) >= 11 is 0. The molecule has 146 valence electrons. The van der Waals surface area contributed by atoms with Crippen LogP contribution in [0.4, 0.5) is 0 Å². The van der Waals surface area contributed by atoms with Crippen LogP contribution in [0, 0.1) is 5.92 Å². The molecule has 1 aromatic rings. The van der Waals surface area contributed by atoms with Gasteiger partial charge in [0.15, 0.2) is 17.5 Å². The molecule has 1 saturated heterocycles. The van der Waals surface area contributed by atoms with E-state index in [1.807, 2.05) is 25.2 Å². The number of aliphatic imine (C=N–C) groups is 1. The van der Waals surface area contributed by atoms with Gasteiger partial charge < -0.3 is 29.2 Å². The molecule has 1 aliphatic heterocycles. The summed E-state index contributed by atoms with van der Waals surface area (Å²) in [6.45, 7) is 4.69. The molecule has 1 fully saturated rings. The molecule has 1 unspecified atom stereocenters. The van der Waals surface area contributed by atoms with Crippen LogP contribution in [0.1, 0.15) is 12.0 Å². The number of rotatable bonds is 9. The predicted octanol–water partition coefficient (Wildman–Crippen LogP) is 1.76. The van der Waals surface area contributed by atoms with Crippen molar-refractivity contribution in [1.82, 2.24) is 10.2 Å². The van der Waals surface area contributed by atoms with Crippen molar-refractivity contribution < 1.29 is 18.9 Å².